The normalized spacial score (nSPS) is 12.2. The van der Waals surface area contributed by atoms with Crippen LogP contribution in [0.15, 0.2) is 36.4 Å². The fourth-order valence-corrected chi connectivity index (χ4v) is 2.33. The van der Waals surface area contributed by atoms with Crippen LogP contribution in [0, 0.1) is 18.6 Å². The molecular formula is C16H17F2NO. The molecule has 0 saturated carbocycles. The zero-order valence-corrected chi connectivity index (χ0v) is 11.7. The molecular weight excluding hydrogens is 260 g/mol. The van der Waals surface area contributed by atoms with Crippen molar-refractivity contribution < 1.29 is 13.5 Å². The predicted octanol–water partition coefficient (Wildman–Crippen LogP) is 3.59. The second kappa shape index (κ2) is 6.01. The van der Waals surface area contributed by atoms with Crippen LogP contribution in [-0.2, 0) is 0 Å². The third kappa shape index (κ3) is 2.80. The van der Waals surface area contributed by atoms with E-state index in [1.54, 1.807) is 25.2 Å². The molecule has 0 aliphatic heterocycles. The van der Waals surface area contributed by atoms with Crippen molar-refractivity contribution in [2.24, 2.45) is 0 Å². The summed E-state index contributed by atoms with van der Waals surface area (Å²) in [5.41, 5.74) is 2.50. The molecule has 4 heteroatoms. The minimum absolute atomic E-state index is 0.198. The van der Waals surface area contributed by atoms with Crippen LogP contribution in [-0.4, -0.2) is 14.2 Å². The van der Waals surface area contributed by atoms with E-state index in [2.05, 4.69) is 5.32 Å². The summed E-state index contributed by atoms with van der Waals surface area (Å²) in [7, 11) is 3.22. The molecule has 106 valence electrons. The second-order valence-corrected chi connectivity index (χ2v) is 4.62. The van der Waals surface area contributed by atoms with Crippen LogP contribution in [0.1, 0.15) is 22.7 Å². The number of hydrogen-bond donors (Lipinski definition) is 1. The van der Waals surface area contributed by atoms with Crippen LogP contribution in [0.25, 0.3) is 0 Å². The highest BCUT2D eigenvalue weighted by atomic mass is 19.1. The molecule has 1 N–H and O–H groups in total. The molecule has 0 saturated heterocycles. The van der Waals surface area contributed by atoms with Crippen molar-refractivity contribution >= 4 is 0 Å². The van der Waals surface area contributed by atoms with Crippen molar-refractivity contribution in [2.75, 3.05) is 14.2 Å². The molecule has 2 rings (SSSR count). The van der Waals surface area contributed by atoms with Crippen LogP contribution in [0.5, 0.6) is 5.75 Å². The largest absolute Gasteiger partial charge is 0.494 e. The first-order valence-electron chi connectivity index (χ1n) is 6.33. The van der Waals surface area contributed by atoms with Gasteiger partial charge in [-0.2, -0.15) is 0 Å². The SMILES string of the molecule is CNC(c1ccc(OC)c(F)c1)c1ccc(F)cc1C. The Hall–Kier alpha value is -1.94. The summed E-state index contributed by atoms with van der Waals surface area (Å²) in [6, 6.07) is 9.22. The number of benzene rings is 2. The maximum absolute atomic E-state index is 13.8. The minimum Gasteiger partial charge on any atom is -0.494 e. The number of methoxy groups -OCH3 is 1. The zero-order valence-electron chi connectivity index (χ0n) is 11.7. The van der Waals surface area contributed by atoms with E-state index >= 15 is 0 Å². The lowest BCUT2D eigenvalue weighted by atomic mass is 9.95. The highest BCUT2D eigenvalue weighted by Gasteiger charge is 2.16. The number of aryl methyl sites for hydroxylation is 1. The summed E-state index contributed by atoms with van der Waals surface area (Å²) in [6.07, 6.45) is 0. The average molecular weight is 277 g/mol. The Morgan fingerprint density at radius 3 is 2.40 bits per heavy atom. The maximum Gasteiger partial charge on any atom is 0.165 e. The first-order chi connectivity index (χ1) is 9.56. The predicted molar refractivity (Wildman–Crippen MR) is 75.0 cm³/mol. The molecule has 2 aromatic rings. The first-order valence-corrected chi connectivity index (χ1v) is 6.33. The van der Waals surface area contributed by atoms with Gasteiger partial charge in [-0.1, -0.05) is 12.1 Å². The highest BCUT2D eigenvalue weighted by molar-refractivity contribution is 5.39. The van der Waals surface area contributed by atoms with E-state index in [1.807, 2.05) is 6.92 Å². The molecule has 0 aliphatic carbocycles. The molecule has 1 atom stereocenters. The van der Waals surface area contributed by atoms with Gasteiger partial charge in [-0.25, -0.2) is 8.78 Å². The lowest BCUT2D eigenvalue weighted by molar-refractivity contribution is 0.386. The molecule has 0 heterocycles. The Kier molecular flexibility index (Phi) is 4.35. The molecule has 0 aliphatic rings. The van der Waals surface area contributed by atoms with E-state index < -0.39 is 5.82 Å². The summed E-state index contributed by atoms with van der Waals surface area (Å²) in [6.45, 7) is 1.84. The topological polar surface area (TPSA) is 21.3 Å². The molecule has 1 unspecified atom stereocenters. The first kappa shape index (κ1) is 14.5. The quantitative estimate of drug-likeness (QED) is 0.922. The molecule has 0 spiro atoms. The van der Waals surface area contributed by atoms with Crippen LogP contribution in [0.2, 0.25) is 0 Å². The van der Waals surface area contributed by atoms with Crippen molar-refractivity contribution in [3.8, 4) is 5.75 Å². The van der Waals surface area contributed by atoms with E-state index in [0.717, 1.165) is 16.7 Å². The number of ether oxygens (including phenoxy) is 1. The zero-order chi connectivity index (χ0) is 14.7. The van der Waals surface area contributed by atoms with Crippen LogP contribution >= 0.6 is 0 Å². The van der Waals surface area contributed by atoms with Crippen molar-refractivity contribution in [1.82, 2.24) is 5.32 Å². The molecule has 20 heavy (non-hydrogen) atoms. The molecule has 0 bridgehead atoms. The summed E-state index contributed by atoms with van der Waals surface area (Å²) < 4.78 is 31.9. The van der Waals surface area contributed by atoms with Gasteiger partial charge in [0.1, 0.15) is 5.82 Å². The fraction of sp³-hybridized carbons (Fsp3) is 0.250. The number of rotatable bonds is 4. The molecule has 0 amide bonds. The number of hydrogen-bond acceptors (Lipinski definition) is 2. The smallest absolute Gasteiger partial charge is 0.165 e. The molecule has 0 aromatic heterocycles. The number of nitrogens with one attached hydrogen (secondary N) is 1. The Balaban J connectivity index is 2.44. The van der Waals surface area contributed by atoms with Crippen molar-refractivity contribution in [3.05, 3.63) is 64.7 Å². The maximum atomic E-state index is 13.8. The van der Waals surface area contributed by atoms with E-state index in [0.29, 0.717) is 0 Å². The van der Waals surface area contributed by atoms with E-state index in [9.17, 15) is 8.78 Å². The van der Waals surface area contributed by atoms with Crippen LogP contribution in [0.4, 0.5) is 8.78 Å². The summed E-state index contributed by atoms with van der Waals surface area (Å²) in [5, 5.41) is 3.13. The Morgan fingerprint density at radius 2 is 1.85 bits per heavy atom. The summed E-state index contributed by atoms with van der Waals surface area (Å²) in [4.78, 5) is 0. The van der Waals surface area contributed by atoms with Crippen LogP contribution in [0.3, 0.4) is 0 Å². The Bertz CT molecular complexity index is 613. The summed E-state index contributed by atoms with van der Waals surface area (Å²) >= 11 is 0. The van der Waals surface area contributed by atoms with Gasteiger partial charge in [0.15, 0.2) is 11.6 Å². The van der Waals surface area contributed by atoms with E-state index in [4.69, 9.17) is 4.74 Å². The second-order valence-electron chi connectivity index (χ2n) is 4.62. The number of halogens is 2. The van der Waals surface area contributed by atoms with Gasteiger partial charge < -0.3 is 10.1 Å². The highest BCUT2D eigenvalue weighted by Crippen LogP contribution is 2.28. The third-order valence-corrected chi connectivity index (χ3v) is 3.34. The van der Waals surface area contributed by atoms with Crippen molar-refractivity contribution in [2.45, 2.75) is 13.0 Å². The Labute approximate surface area is 117 Å². The van der Waals surface area contributed by atoms with Crippen molar-refractivity contribution in [3.63, 3.8) is 0 Å². The Morgan fingerprint density at radius 1 is 1.10 bits per heavy atom. The van der Waals surface area contributed by atoms with Gasteiger partial charge in [0, 0.05) is 0 Å². The monoisotopic (exact) mass is 277 g/mol. The lowest BCUT2D eigenvalue weighted by Crippen LogP contribution is -2.19. The van der Waals surface area contributed by atoms with Crippen molar-refractivity contribution in [1.29, 1.82) is 0 Å². The van der Waals surface area contributed by atoms with E-state index in [-0.39, 0.29) is 17.6 Å². The molecule has 2 nitrogen and oxygen atoms in total. The standard InChI is InChI=1S/C16H17F2NO/c1-10-8-12(17)5-6-13(10)16(19-2)11-4-7-15(20-3)14(18)9-11/h4-9,16,19H,1-3H3. The lowest BCUT2D eigenvalue weighted by Gasteiger charge is -2.20. The average Bonchev–Trinajstić information content (AvgIpc) is 2.42. The molecule has 0 radical (unpaired) electrons. The summed E-state index contributed by atoms with van der Waals surface area (Å²) in [5.74, 6) is -0.480. The van der Waals surface area contributed by atoms with Gasteiger partial charge in [0.25, 0.3) is 0 Å². The van der Waals surface area contributed by atoms with Gasteiger partial charge >= 0.3 is 0 Å². The molecule has 0 fully saturated rings. The van der Waals surface area contributed by atoms with Gasteiger partial charge in [-0.3, -0.25) is 0 Å². The van der Waals surface area contributed by atoms with Gasteiger partial charge in [0.05, 0.1) is 13.2 Å². The third-order valence-electron chi connectivity index (χ3n) is 3.34. The minimum atomic E-state index is -0.412. The van der Waals surface area contributed by atoms with Gasteiger partial charge in [-0.05, 0) is 54.9 Å². The fourth-order valence-electron chi connectivity index (χ4n) is 2.33. The molecule has 2 aromatic carbocycles. The van der Waals surface area contributed by atoms with Crippen LogP contribution < -0.4 is 10.1 Å². The van der Waals surface area contributed by atoms with E-state index in [1.165, 1.54) is 25.3 Å². The van der Waals surface area contributed by atoms with Gasteiger partial charge in [-0.15, -0.1) is 0 Å². The van der Waals surface area contributed by atoms with Gasteiger partial charge in [0.2, 0.25) is 0 Å².